The van der Waals surface area contributed by atoms with Crippen molar-refractivity contribution >= 4 is 28.9 Å². The second kappa shape index (κ2) is 43.5. The van der Waals surface area contributed by atoms with Gasteiger partial charge in [0.1, 0.15) is 53.1 Å². The molecule has 0 N–H and O–H groups in total. The van der Waals surface area contributed by atoms with E-state index in [1.165, 1.54) is 49.9 Å². The number of ether oxygens (including phenoxy) is 3. The van der Waals surface area contributed by atoms with Crippen molar-refractivity contribution in [1.29, 1.82) is 0 Å². The lowest BCUT2D eigenvalue weighted by Crippen LogP contribution is -2.32. The SMILES string of the molecule is C=C(C)CC(OCCC)C(=O)CC(C)(C)C.CC(C)(C)CC(=O)C(CCc1cc(F)cc(F)c1)C(C)(C)C.CC(C)C(CCc1cc(F)cc(F)c1)C(=O)CC(C)(C)C.CCCOC(CC(C)(C)C)C(=O)CC(C)(C)C.CCCOC(CC1CCCC1)C(=O)CC(C)(C)C. The van der Waals surface area contributed by atoms with Gasteiger partial charge in [0.2, 0.25) is 0 Å². The highest BCUT2D eigenvalue weighted by Crippen LogP contribution is 2.36. The van der Waals surface area contributed by atoms with E-state index >= 15 is 0 Å². The van der Waals surface area contributed by atoms with E-state index in [1.807, 2.05) is 90.0 Å². The van der Waals surface area contributed by atoms with Crippen LogP contribution in [0.1, 0.15) is 307 Å². The first-order chi connectivity index (χ1) is 42.7. The second-order valence-corrected chi connectivity index (χ2v) is 35.8. The van der Waals surface area contributed by atoms with Crippen LogP contribution in [-0.2, 0) is 51.0 Å². The average Bonchev–Trinajstić information content (AvgIpc) is 0.934. The molecule has 1 aliphatic carbocycles. The maximum Gasteiger partial charge on any atom is 0.162 e. The number of hydrogen-bond acceptors (Lipinski definition) is 8. The first-order valence-electron chi connectivity index (χ1n) is 35.7. The molecule has 544 valence electrons. The highest BCUT2D eigenvalue weighted by atomic mass is 19.1. The molecule has 12 heteroatoms. The molecule has 2 aromatic rings. The van der Waals surface area contributed by atoms with Crippen molar-refractivity contribution in [2.24, 2.45) is 61.6 Å². The van der Waals surface area contributed by atoms with Gasteiger partial charge < -0.3 is 14.2 Å². The molecule has 2 aromatic carbocycles. The molecule has 1 saturated carbocycles. The van der Waals surface area contributed by atoms with Crippen molar-refractivity contribution in [3.05, 3.63) is 82.9 Å². The molecule has 3 rings (SSSR count). The fraction of sp³-hybridized carbons (Fsp3) is 0.768. The van der Waals surface area contributed by atoms with Crippen LogP contribution in [0.25, 0.3) is 0 Å². The van der Waals surface area contributed by atoms with Crippen LogP contribution in [0, 0.1) is 84.8 Å². The Kier molecular flexibility index (Phi) is 42.7. The fourth-order valence-corrected chi connectivity index (χ4v) is 11.3. The third kappa shape index (κ3) is 48.8. The summed E-state index contributed by atoms with van der Waals surface area (Å²) in [7, 11) is 0. The van der Waals surface area contributed by atoms with E-state index in [4.69, 9.17) is 14.2 Å². The molecule has 5 atom stereocenters. The number of aryl methyl sites for hydroxylation is 2. The van der Waals surface area contributed by atoms with Gasteiger partial charge in [0, 0.05) is 82.3 Å². The van der Waals surface area contributed by atoms with Crippen molar-refractivity contribution in [3.8, 4) is 0 Å². The number of ketones is 5. The number of Topliss-reactive ketones (excluding diaryl/α,β-unsaturated/α-hetero) is 5. The van der Waals surface area contributed by atoms with Gasteiger partial charge in [-0.2, -0.15) is 0 Å². The number of benzene rings is 2. The molecule has 1 aliphatic rings. The van der Waals surface area contributed by atoms with Crippen molar-refractivity contribution in [2.75, 3.05) is 19.8 Å². The second-order valence-electron chi connectivity index (χ2n) is 35.8. The molecule has 0 saturated heterocycles. The molecule has 0 bridgehead atoms. The summed E-state index contributed by atoms with van der Waals surface area (Å²) < 4.78 is 70.0. The summed E-state index contributed by atoms with van der Waals surface area (Å²) in [6.07, 6.45) is 15.0. The van der Waals surface area contributed by atoms with Crippen molar-refractivity contribution in [3.63, 3.8) is 0 Å². The maximum absolute atomic E-state index is 13.3. The molecule has 94 heavy (non-hydrogen) atoms. The van der Waals surface area contributed by atoms with E-state index in [0.29, 0.717) is 101 Å². The summed E-state index contributed by atoms with van der Waals surface area (Å²) >= 11 is 0. The van der Waals surface area contributed by atoms with Gasteiger partial charge in [-0.1, -0.05) is 211 Å². The molecular weight excluding hydrogens is 1190 g/mol. The van der Waals surface area contributed by atoms with Crippen molar-refractivity contribution in [1.82, 2.24) is 0 Å². The average molecular weight is 1330 g/mol. The minimum Gasteiger partial charge on any atom is -0.370 e. The van der Waals surface area contributed by atoms with Gasteiger partial charge in [-0.3, -0.25) is 24.0 Å². The Hall–Kier alpha value is -3.87. The molecule has 5 unspecified atom stereocenters. The zero-order valence-corrected chi connectivity index (χ0v) is 65.0. The number of carbonyl (C=O) groups excluding carboxylic acids is 5. The quantitative estimate of drug-likeness (QED) is 0.0542. The Labute approximate surface area is 573 Å². The first kappa shape index (κ1) is 92.2. The summed E-state index contributed by atoms with van der Waals surface area (Å²) in [6.45, 7) is 61.8. The number of rotatable bonds is 31. The lowest BCUT2D eigenvalue weighted by atomic mass is 9.72. The van der Waals surface area contributed by atoms with Crippen LogP contribution in [-0.4, -0.2) is 67.0 Å². The molecule has 0 aromatic heterocycles. The van der Waals surface area contributed by atoms with E-state index in [0.717, 1.165) is 55.7 Å². The molecule has 8 nitrogen and oxygen atoms in total. The predicted octanol–water partition coefficient (Wildman–Crippen LogP) is 23.1. The van der Waals surface area contributed by atoms with Gasteiger partial charge in [-0.15, -0.1) is 6.58 Å². The van der Waals surface area contributed by atoms with Crippen LogP contribution in [0.4, 0.5) is 17.6 Å². The molecule has 1 fully saturated rings. The minimum absolute atomic E-state index is 0.0278. The lowest BCUT2D eigenvalue weighted by molar-refractivity contribution is -0.134. The monoisotopic (exact) mass is 1330 g/mol. The molecule has 0 aliphatic heterocycles. The lowest BCUT2D eigenvalue weighted by Gasteiger charge is -2.32. The van der Waals surface area contributed by atoms with E-state index in [-0.39, 0.29) is 97.1 Å². The van der Waals surface area contributed by atoms with Crippen LogP contribution in [0.3, 0.4) is 0 Å². The molecular formula is C82H140F4O8. The van der Waals surface area contributed by atoms with Crippen molar-refractivity contribution < 1.29 is 55.7 Å². The molecule has 0 spiro atoms. The number of carbonyl (C=O) groups is 5. The van der Waals surface area contributed by atoms with Gasteiger partial charge >= 0.3 is 0 Å². The summed E-state index contributed by atoms with van der Waals surface area (Å²) in [5.74, 6) is -0.243. The fourth-order valence-electron chi connectivity index (χ4n) is 11.3. The van der Waals surface area contributed by atoms with E-state index in [2.05, 4.69) is 104 Å². The van der Waals surface area contributed by atoms with E-state index in [1.54, 1.807) is 0 Å². The normalized spacial score (nSPS) is 14.9. The largest absolute Gasteiger partial charge is 0.370 e. The first-order valence-corrected chi connectivity index (χ1v) is 35.7. The summed E-state index contributed by atoms with van der Waals surface area (Å²) in [5.41, 5.74) is 2.25. The summed E-state index contributed by atoms with van der Waals surface area (Å²) in [5, 5.41) is 0. The molecule has 0 radical (unpaired) electrons. The van der Waals surface area contributed by atoms with Crippen LogP contribution < -0.4 is 0 Å². The molecule has 0 heterocycles. The van der Waals surface area contributed by atoms with Crippen LogP contribution in [0.15, 0.2) is 48.6 Å². The third-order valence-corrected chi connectivity index (χ3v) is 15.5. The zero-order valence-electron chi connectivity index (χ0n) is 65.0. The smallest absolute Gasteiger partial charge is 0.162 e. The van der Waals surface area contributed by atoms with E-state index < -0.39 is 23.3 Å². The number of halogens is 4. The van der Waals surface area contributed by atoms with Crippen LogP contribution >= 0.6 is 0 Å². The third-order valence-electron chi connectivity index (χ3n) is 15.5. The maximum atomic E-state index is 13.3. The Morgan fingerprint density at radius 1 is 0.457 bits per heavy atom. The van der Waals surface area contributed by atoms with E-state index in [9.17, 15) is 41.5 Å². The highest BCUT2D eigenvalue weighted by molar-refractivity contribution is 5.85. The Balaban J connectivity index is 0. The summed E-state index contributed by atoms with van der Waals surface area (Å²) in [6, 6.07) is 7.11. The Morgan fingerprint density at radius 3 is 1.11 bits per heavy atom. The van der Waals surface area contributed by atoms with Gasteiger partial charge in [-0.05, 0) is 150 Å². The summed E-state index contributed by atoms with van der Waals surface area (Å²) in [4.78, 5) is 61.6. The topological polar surface area (TPSA) is 113 Å². The Bertz CT molecular complexity index is 2470. The molecule has 0 amide bonds. The zero-order chi connectivity index (χ0) is 73.4. The Morgan fingerprint density at radius 2 is 0.777 bits per heavy atom. The van der Waals surface area contributed by atoms with Crippen molar-refractivity contribution in [2.45, 2.75) is 327 Å². The van der Waals surface area contributed by atoms with Gasteiger partial charge in [0.15, 0.2) is 17.3 Å². The van der Waals surface area contributed by atoms with Gasteiger partial charge in [0.05, 0.1) is 0 Å². The number of hydrogen-bond donors (Lipinski definition) is 0. The predicted molar refractivity (Wildman–Crippen MR) is 386 cm³/mol. The van der Waals surface area contributed by atoms with Gasteiger partial charge in [0.25, 0.3) is 0 Å². The minimum atomic E-state index is -0.566. The highest BCUT2D eigenvalue weighted by Gasteiger charge is 2.34. The standard InChI is InChI=1S/C19H28F2O.C18H26F2O.C16H30O2.C15H30O2.C14H26O2/c1-18(2,3)12-17(22)16(19(4,5)6)8-7-13-9-14(20)11-15(21)10-13;1-12(2)16(17(21)11-18(3,4)5)7-6-13-8-14(19)10-15(20)9-13;1-5-10-18-15(11-13-8-6-7-9-13)14(17)12-16(2,3)4;1-8-9-17-13(11-15(5,6)7)12(16)10-14(2,3)4;1-7-8-16-13(9-11(2)3)12(15)10-14(4,5)6/h9-11,16H,7-8,12H2,1-6H3;8-10,12,16H,6-7,11H2,1-5H3;13,15H,5-12H2,1-4H3;13H,8-11H2,1-7H3;13H,2,7-10H2,1,3-6H3. The van der Waals surface area contributed by atoms with Crippen LogP contribution in [0.2, 0.25) is 0 Å². The van der Waals surface area contributed by atoms with Crippen LogP contribution in [0.5, 0.6) is 0 Å². The van der Waals surface area contributed by atoms with Gasteiger partial charge in [-0.25, -0.2) is 17.6 Å².